The molecule has 3 nitrogen and oxygen atoms in total. The molecular formula is C13H24N2O. The smallest absolute Gasteiger partial charge is 0.320 e. The zero-order valence-corrected chi connectivity index (χ0v) is 11.0. The van der Waals surface area contributed by atoms with E-state index in [1.807, 2.05) is 11.9 Å². The Labute approximate surface area is 98.8 Å². The summed E-state index contributed by atoms with van der Waals surface area (Å²) in [5, 5.41) is 0. The number of urea groups is 1. The first-order valence-electron chi connectivity index (χ1n) is 6.41. The van der Waals surface area contributed by atoms with Crippen molar-refractivity contribution in [1.29, 1.82) is 0 Å². The maximum absolute atomic E-state index is 12.1. The molecule has 2 atom stereocenters. The average molecular weight is 224 g/mol. The summed E-state index contributed by atoms with van der Waals surface area (Å²) in [5.41, 5.74) is 0.321. The van der Waals surface area contributed by atoms with Gasteiger partial charge in [-0.2, -0.15) is 0 Å². The second kappa shape index (κ2) is 3.94. The van der Waals surface area contributed by atoms with E-state index in [4.69, 9.17) is 0 Å². The van der Waals surface area contributed by atoms with E-state index in [9.17, 15) is 4.79 Å². The maximum Gasteiger partial charge on any atom is 0.320 e. The summed E-state index contributed by atoms with van der Waals surface area (Å²) in [6.07, 6.45) is 3.63. The number of fused-ring (bicyclic) bond motifs is 1. The van der Waals surface area contributed by atoms with Gasteiger partial charge >= 0.3 is 6.03 Å². The summed E-state index contributed by atoms with van der Waals surface area (Å²) in [6, 6.07) is 0.757. The molecule has 0 radical (unpaired) electrons. The zero-order valence-electron chi connectivity index (χ0n) is 11.0. The number of hydrogen-bond acceptors (Lipinski definition) is 1. The minimum absolute atomic E-state index is 0.241. The lowest BCUT2D eigenvalue weighted by Crippen LogP contribution is -2.57. The van der Waals surface area contributed by atoms with Crippen LogP contribution in [0, 0.1) is 11.3 Å². The number of nitrogens with zero attached hydrogens (tertiary/aromatic N) is 2. The molecule has 2 aliphatic rings. The molecule has 0 N–H and O–H groups in total. The summed E-state index contributed by atoms with van der Waals surface area (Å²) in [6.45, 7) is 8.75. The Hall–Kier alpha value is -0.730. The van der Waals surface area contributed by atoms with Crippen LogP contribution in [0.15, 0.2) is 0 Å². The van der Waals surface area contributed by atoms with Gasteiger partial charge in [0.1, 0.15) is 0 Å². The summed E-state index contributed by atoms with van der Waals surface area (Å²) in [7, 11) is 1.92. The Morgan fingerprint density at radius 3 is 2.50 bits per heavy atom. The van der Waals surface area contributed by atoms with Crippen LogP contribution in [0.3, 0.4) is 0 Å². The Kier molecular flexibility index (Phi) is 2.89. The van der Waals surface area contributed by atoms with Gasteiger partial charge in [0.25, 0.3) is 0 Å². The lowest BCUT2D eigenvalue weighted by Gasteiger charge is -2.48. The van der Waals surface area contributed by atoms with Gasteiger partial charge in [-0.1, -0.05) is 20.8 Å². The van der Waals surface area contributed by atoms with Crippen molar-refractivity contribution in [2.75, 3.05) is 20.1 Å². The highest BCUT2D eigenvalue weighted by Crippen LogP contribution is 2.37. The fourth-order valence-corrected chi connectivity index (χ4v) is 2.93. The van der Waals surface area contributed by atoms with Gasteiger partial charge in [0, 0.05) is 26.2 Å². The van der Waals surface area contributed by atoms with Crippen molar-refractivity contribution < 1.29 is 4.79 Å². The number of piperidine rings is 1. The lowest BCUT2D eigenvalue weighted by molar-refractivity contribution is 0.0393. The Morgan fingerprint density at radius 2 is 1.88 bits per heavy atom. The molecule has 92 valence electrons. The third kappa shape index (κ3) is 2.04. The van der Waals surface area contributed by atoms with Crippen LogP contribution in [0.4, 0.5) is 4.79 Å². The Morgan fingerprint density at radius 1 is 1.19 bits per heavy atom. The van der Waals surface area contributed by atoms with Crippen molar-refractivity contribution in [3.8, 4) is 0 Å². The van der Waals surface area contributed by atoms with E-state index in [1.165, 1.54) is 12.8 Å². The Balaban J connectivity index is 2.08. The van der Waals surface area contributed by atoms with Crippen LogP contribution >= 0.6 is 0 Å². The number of carbonyl (C=O) groups excluding carboxylic acids is 1. The monoisotopic (exact) mass is 224 g/mol. The van der Waals surface area contributed by atoms with Crippen molar-refractivity contribution in [3.05, 3.63) is 0 Å². The highest BCUT2D eigenvalue weighted by Gasteiger charge is 2.39. The van der Waals surface area contributed by atoms with Crippen LogP contribution in [0.5, 0.6) is 0 Å². The topological polar surface area (TPSA) is 23.6 Å². The molecule has 2 unspecified atom stereocenters. The summed E-state index contributed by atoms with van der Waals surface area (Å²) in [4.78, 5) is 16.1. The minimum atomic E-state index is 0.241. The molecule has 2 aliphatic heterocycles. The first-order chi connectivity index (χ1) is 7.39. The van der Waals surface area contributed by atoms with Gasteiger partial charge in [-0.05, 0) is 30.6 Å². The number of carbonyl (C=O) groups is 1. The van der Waals surface area contributed by atoms with Crippen molar-refractivity contribution in [2.24, 2.45) is 11.3 Å². The van der Waals surface area contributed by atoms with Crippen LogP contribution in [0.1, 0.15) is 40.0 Å². The van der Waals surface area contributed by atoms with Crippen molar-refractivity contribution in [2.45, 2.75) is 46.1 Å². The predicted octanol–water partition coefficient (Wildman–Crippen LogP) is 2.57. The molecule has 0 spiro atoms. The van der Waals surface area contributed by atoms with Crippen molar-refractivity contribution >= 4 is 6.03 Å². The molecular weight excluding hydrogens is 200 g/mol. The van der Waals surface area contributed by atoms with E-state index >= 15 is 0 Å². The SMILES string of the molecule is CN1CCC2CCC(C(C)(C)C)CN2C1=O. The molecule has 16 heavy (non-hydrogen) atoms. The standard InChI is InChI=1S/C13H24N2O/c1-13(2,3)10-5-6-11-7-8-14(4)12(16)15(11)9-10/h10-11H,5-9H2,1-4H3. The van der Waals surface area contributed by atoms with E-state index in [0.29, 0.717) is 17.4 Å². The second-order valence-electron chi connectivity index (χ2n) is 6.44. The molecule has 2 rings (SSSR count). The van der Waals surface area contributed by atoms with Crippen LogP contribution < -0.4 is 0 Å². The molecule has 2 heterocycles. The van der Waals surface area contributed by atoms with Crippen LogP contribution in [0.25, 0.3) is 0 Å². The molecule has 2 fully saturated rings. The van der Waals surface area contributed by atoms with Gasteiger partial charge < -0.3 is 9.80 Å². The van der Waals surface area contributed by atoms with Gasteiger partial charge in [0.2, 0.25) is 0 Å². The number of hydrogen-bond donors (Lipinski definition) is 0. The van der Waals surface area contributed by atoms with Gasteiger partial charge in [-0.15, -0.1) is 0 Å². The fourth-order valence-electron chi connectivity index (χ4n) is 2.93. The van der Waals surface area contributed by atoms with Crippen LogP contribution in [0.2, 0.25) is 0 Å². The highest BCUT2D eigenvalue weighted by atomic mass is 16.2. The summed E-state index contributed by atoms with van der Waals surface area (Å²) < 4.78 is 0. The average Bonchev–Trinajstić information content (AvgIpc) is 2.22. The third-order valence-corrected chi connectivity index (χ3v) is 4.30. The van der Waals surface area contributed by atoms with Crippen LogP contribution in [-0.4, -0.2) is 42.0 Å². The van der Waals surface area contributed by atoms with E-state index in [-0.39, 0.29) is 6.03 Å². The highest BCUT2D eigenvalue weighted by molar-refractivity contribution is 5.75. The third-order valence-electron chi connectivity index (χ3n) is 4.30. The second-order valence-corrected chi connectivity index (χ2v) is 6.44. The molecule has 3 heteroatoms. The molecule has 2 saturated heterocycles. The summed E-state index contributed by atoms with van der Waals surface area (Å²) in [5.74, 6) is 0.652. The van der Waals surface area contributed by atoms with Gasteiger partial charge in [-0.25, -0.2) is 4.79 Å². The molecule has 0 bridgehead atoms. The normalized spacial score (nSPS) is 31.6. The largest absolute Gasteiger partial charge is 0.328 e. The van der Waals surface area contributed by atoms with Gasteiger partial charge in [0.15, 0.2) is 0 Å². The summed E-state index contributed by atoms with van der Waals surface area (Å²) >= 11 is 0. The van der Waals surface area contributed by atoms with E-state index in [0.717, 1.165) is 19.5 Å². The zero-order chi connectivity index (χ0) is 11.9. The molecule has 0 saturated carbocycles. The minimum Gasteiger partial charge on any atom is -0.328 e. The Bertz CT molecular complexity index is 282. The first kappa shape index (κ1) is 11.7. The molecule has 0 aromatic heterocycles. The quantitative estimate of drug-likeness (QED) is 0.620. The predicted molar refractivity (Wildman–Crippen MR) is 65.3 cm³/mol. The lowest BCUT2D eigenvalue weighted by atomic mass is 9.74. The number of amides is 2. The molecule has 0 aliphatic carbocycles. The van der Waals surface area contributed by atoms with Crippen molar-refractivity contribution in [3.63, 3.8) is 0 Å². The first-order valence-corrected chi connectivity index (χ1v) is 6.41. The molecule has 0 aromatic carbocycles. The van der Waals surface area contributed by atoms with E-state index in [2.05, 4.69) is 25.7 Å². The van der Waals surface area contributed by atoms with Crippen molar-refractivity contribution in [1.82, 2.24) is 9.80 Å². The fraction of sp³-hybridized carbons (Fsp3) is 0.923. The maximum atomic E-state index is 12.1. The number of rotatable bonds is 0. The molecule has 2 amide bonds. The van der Waals surface area contributed by atoms with Gasteiger partial charge in [-0.3, -0.25) is 0 Å². The van der Waals surface area contributed by atoms with Gasteiger partial charge in [0.05, 0.1) is 0 Å². The van der Waals surface area contributed by atoms with E-state index < -0.39 is 0 Å². The van der Waals surface area contributed by atoms with Crippen LogP contribution in [-0.2, 0) is 0 Å². The van der Waals surface area contributed by atoms with E-state index in [1.54, 1.807) is 0 Å². The molecule has 0 aromatic rings.